The SMILES string of the molecule is CCCCCCC[CH]c1ccccc1OCC1CO1. The average molecular weight is 261 g/mol. The Morgan fingerprint density at radius 3 is 2.79 bits per heavy atom. The van der Waals surface area contributed by atoms with Crippen LogP contribution in [0.5, 0.6) is 5.75 Å². The van der Waals surface area contributed by atoms with Crippen LogP contribution in [0.2, 0.25) is 0 Å². The van der Waals surface area contributed by atoms with Gasteiger partial charge in [-0.2, -0.15) is 0 Å². The monoisotopic (exact) mass is 261 g/mol. The Labute approximate surface area is 117 Å². The molecule has 1 atom stereocenters. The molecule has 19 heavy (non-hydrogen) atoms. The summed E-state index contributed by atoms with van der Waals surface area (Å²) in [6.45, 7) is 3.79. The van der Waals surface area contributed by atoms with E-state index in [0.717, 1.165) is 18.8 Å². The van der Waals surface area contributed by atoms with E-state index in [1.807, 2.05) is 12.1 Å². The summed E-state index contributed by atoms with van der Waals surface area (Å²) in [5.74, 6) is 0.992. The molecular formula is C17H25O2. The molecule has 0 amide bonds. The van der Waals surface area contributed by atoms with Crippen molar-refractivity contribution in [3.05, 3.63) is 36.2 Å². The van der Waals surface area contributed by atoms with Crippen LogP contribution in [-0.4, -0.2) is 19.3 Å². The molecule has 0 spiro atoms. The van der Waals surface area contributed by atoms with E-state index < -0.39 is 0 Å². The Balaban J connectivity index is 1.68. The van der Waals surface area contributed by atoms with E-state index in [1.54, 1.807) is 0 Å². The molecule has 1 saturated heterocycles. The molecule has 0 bridgehead atoms. The van der Waals surface area contributed by atoms with Gasteiger partial charge in [-0.1, -0.05) is 57.2 Å². The fourth-order valence-corrected chi connectivity index (χ4v) is 2.13. The van der Waals surface area contributed by atoms with Crippen LogP contribution in [0.3, 0.4) is 0 Å². The number of epoxide rings is 1. The van der Waals surface area contributed by atoms with Crippen molar-refractivity contribution >= 4 is 0 Å². The third-order valence-electron chi connectivity index (χ3n) is 3.42. The highest BCUT2D eigenvalue weighted by Crippen LogP contribution is 2.23. The molecule has 0 aliphatic carbocycles. The number of hydrogen-bond acceptors (Lipinski definition) is 2. The predicted octanol–water partition coefficient (Wildman–Crippen LogP) is 4.38. The Kier molecular flexibility index (Phi) is 6.22. The molecule has 1 heterocycles. The molecule has 1 aromatic rings. The first kappa shape index (κ1) is 14.4. The van der Waals surface area contributed by atoms with Gasteiger partial charge in [-0.3, -0.25) is 0 Å². The lowest BCUT2D eigenvalue weighted by Gasteiger charge is -2.10. The van der Waals surface area contributed by atoms with Crippen LogP contribution in [-0.2, 0) is 4.74 Å². The van der Waals surface area contributed by atoms with E-state index in [9.17, 15) is 0 Å². The van der Waals surface area contributed by atoms with Gasteiger partial charge >= 0.3 is 0 Å². The number of para-hydroxylation sites is 1. The Hall–Kier alpha value is -1.02. The highest BCUT2D eigenvalue weighted by Gasteiger charge is 2.23. The zero-order chi connectivity index (χ0) is 13.3. The molecular weight excluding hydrogens is 236 g/mol. The van der Waals surface area contributed by atoms with Gasteiger partial charge < -0.3 is 9.47 Å². The second-order valence-corrected chi connectivity index (χ2v) is 5.21. The van der Waals surface area contributed by atoms with Crippen molar-refractivity contribution in [2.24, 2.45) is 0 Å². The molecule has 1 aliphatic heterocycles. The van der Waals surface area contributed by atoms with Crippen molar-refractivity contribution in [3.8, 4) is 5.75 Å². The summed E-state index contributed by atoms with van der Waals surface area (Å²) < 4.78 is 11.0. The van der Waals surface area contributed by atoms with Crippen LogP contribution in [0.15, 0.2) is 24.3 Å². The summed E-state index contributed by atoms with van der Waals surface area (Å²) >= 11 is 0. The van der Waals surface area contributed by atoms with E-state index in [-0.39, 0.29) is 0 Å². The first-order valence-electron chi connectivity index (χ1n) is 7.57. The molecule has 2 nitrogen and oxygen atoms in total. The summed E-state index contributed by atoms with van der Waals surface area (Å²) in [5, 5.41) is 0. The van der Waals surface area contributed by atoms with Crippen LogP contribution in [0.4, 0.5) is 0 Å². The smallest absolute Gasteiger partial charge is 0.122 e. The third-order valence-corrected chi connectivity index (χ3v) is 3.42. The maximum Gasteiger partial charge on any atom is 0.122 e. The molecule has 2 rings (SSSR count). The van der Waals surface area contributed by atoms with Gasteiger partial charge in [-0.05, 0) is 24.5 Å². The largest absolute Gasteiger partial charge is 0.490 e. The van der Waals surface area contributed by atoms with Crippen LogP contribution in [0.25, 0.3) is 0 Å². The van der Waals surface area contributed by atoms with Gasteiger partial charge in [-0.15, -0.1) is 0 Å². The first-order valence-corrected chi connectivity index (χ1v) is 7.57. The lowest BCUT2D eigenvalue weighted by atomic mass is 10.0. The minimum Gasteiger partial charge on any atom is -0.490 e. The molecule has 0 N–H and O–H groups in total. The lowest BCUT2D eigenvalue weighted by molar-refractivity contribution is 0.262. The van der Waals surface area contributed by atoms with Gasteiger partial charge in [-0.25, -0.2) is 0 Å². The highest BCUT2D eigenvalue weighted by atomic mass is 16.6. The van der Waals surface area contributed by atoms with Gasteiger partial charge in [0.05, 0.1) is 6.61 Å². The van der Waals surface area contributed by atoms with Crippen molar-refractivity contribution in [3.63, 3.8) is 0 Å². The number of hydrogen-bond donors (Lipinski definition) is 0. The molecule has 1 unspecified atom stereocenters. The van der Waals surface area contributed by atoms with Crippen LogP contribution >= 0.6 is 0 Å². The lowest BCUT2D eigenvalue weighted by Crippen LogP contribution is -2.05. The van der Waals surface area contributed by atoms with Gasteiger partial charge in [0.25, 0.3) is 0 Å². The quantitative estimate of drug-likeness (QED) is 0.460. The second kappa shape index (κ2) is 8.21. The van der Waals surface area contributed by atoms with Crippen LogP contribution in [0.1, 0.15) is 51.0 Å². The maximum atomic E-state index is 5.80. The highest BCUT2D eigenvalue weighted by molar-refractivity contribution is 5.38. The summed E-state index contributed by atoms with van der Waals surface area (Å²) in [6.07, 6.45) is 10.4. The average Bonchev–Trinajstić information content (AvgIpc) is 3.25. The topological polar surface area (TPSA) is 21.8 Å². The fraction of sp³-hybridized carbons (Fsp3) is 0.588. The maximum absolute atomic E-state index is 5.80. The normalized spacial score (nSPS) is 17.4. The van der Waals surface area contributed by atoms with Crippen molar-refractivity contribution in [2.75, 3.05) is 13.2 Å². The predicted molar refractivity (Wildman–Crippen MR) is 78.5 cm³/mol. The molecule has 1 aliphatic rings. The zero-order valence-electron chi connectivity index (χ0n) is 11.9. The summed E-state index contributed by atoms with van der Waals surface area (Å²) in [7, 11) is 0. The molecule has 1 radical (unpaired) electrons. The number of benzene rings is 1. The van der Waals surface area contributed by atoms with Gasteiger partial charge in [0.15, 0.2) is 0 Å². The van der Waals surface area contributed by atoms with Gasteiger partial charge in [0, 0.05) is 0 Å². The van der Waals surface area contributed by atoms with E-state index in [2.05, 4.69) is 25.5 Å². The summed E-state index contributed by atoms with van der Waals surface area (Å²) in [4.78, 5) is 0. The van der Waals surface area contributed by atoms with Gasteiger partial charge in [0.2, 0.25) is 0 Å². The minimum atomic E-state index is 0.321. The van der Waals surface area contributed by atoms with Crippen molar-refractivity contribution in [2.45, 2.75) is 51.6 Å². The molecule has 105 valence electrons. The summed E-state index contributed by atoms with van der Waals surface area (Å²) in [6, 6.07) is 8.28. The fourth-order valence-electron chi connectivity index (χ4n) is 2.13. The van der Waals surface area contributed by atoms with Crippen molar-refractivity contribution < 1.29 is 9.47 Å². The molecule has 0 saturated carbocycles. The zero-order valence-corrected chi connectivity index (χ0v) is 11.9. The van der Waals surface area contributed by atoms with Crippen LogP contribution in [0, 0.1) is 6.42 Å². The van der Waals surface area contributed by atoms with E-state index in [0.29, 0.717) is 12.7 Å². The molecule has 0 aromatic heterocycles. The Morgan fingerprint density at radius 2 is 2.00 bits per heavy atom. The molecule has 1 fully saturated rings. The Bertz CT molecular complexity index is 358. The Morgan fingerprint density at radius 1 is 1.21 bits per heavy atom. The summed E-state index contributed by atoms with van der Waals surface area (Å²) in [5.41, 5.74) is 1.22. The number of rotatable bonds is 10. The van der Waals surface area contributed by atoms with Gasteiger partial charge in [0.1, 0.15) is 18.5 Å². The molecule has 2 heteroatoms. The first-order chi connectivity index (χ1) is 9.40. The third kappa shape index (κ3) is 5.65. The number of ether oxygens (including phenoxy) is 2. The standard InChI is InChI=1S/C17H25O2/c1-2-3-4-5-6-7-10-15-11-8-9-12-17(15)19-14-16-13-18-16/h8-12,16H,2-7,13-14H2,1H3. The van der Waals surface area contributed by atoms with Crippen molar-refractivity contribution in [1.29, 1.82) is 0 Å². The van der Waals surface area contributed by atoms with Crippen molar-refractivity contribution in [1.82, 2.24) is 0 Å². The minimum absolute atomic E-state index is 0.321. The van der Waals surface area contributed by atoms with E-state index >= 15 is 0 Å². The second-order valence-electron chi connectivity index (χ2n) is 5.21. The van der Waals surface area contributed by atoms with E-state index in [1.165, 1.54) is 37.7 Å². The van der Waals surface area contributed by atoms with Crippen LogP contribution < -0.4 is 4.74 Å². The number of unbranched alkanes of at least 4 members (excludes halogenated alkanes) is 5. The molecule has 1 aromatic carbocycles. The van der Waals surface area contributed by atoms with E-state index in [4.69, 9.17) is 9.47 Å².